The Morgan fingerprint density at radius 3 is 3.10 bits per heavy atom. The molecule has 0 amide bonds. The highest BCUT2D eigenvalue weighted by Crippen LogP contribution is 2.16. The van der Waals surface area contributed by atoms with E-state index in [-0.39, 0.29) is 0 Å². The zero-order valence-corrected chi connectivity index (χ0v) is 6.43. The van der Waals surface area contributed by atoms with Crippen molar-refractivity contribution < 1.29 is 0 Å². The van der Waals surface area contributed by atoms with Crippen LogP contribution in [0.15, 0.2) is 0 Å². The average molecular weight is 141 g/mol. The van der Waals surface area contributed by atoms with Crippen LogP contribution in [0.3, 0.4) is 0 Å². The van der Waals surface area contributed by atoms with Gasteiger partial charge in [0, 0.05) is 6.54 Å². The molecule has 2 aliphatic heterocycles. The second-order valence-electron chi connectivity index (χ2n) is 3.22. The maximum absolute atomic E-state index is 3.47. The van der Waals surface area contributed by atoms with Crippen molar-refractivity contribution in [3.63, 3.8) is 0 Å². The molecule has 3 nitrogen and oxygen atoms in total. The highest BCUT2D eigenvalue weighted by atomic mass is 15.6. The summed E-state index contributed by atoms with van der Waals surface area (Å²) >= 11 is 0. The summed E-state index contributed by atoms with van der Waals surface area (Å²) in [4.78, 5) is 0. The Bertz CT molecular complexity index is 112. The van der Waals surface area contributed by atoms with Crippen LogP contribution < -0.4 is 10.7 Å². The first kappa shape index (κ1) is 6.58. The van der Waals surface area contributed by atoms with E-state index >= 15 is 0 Å². The van der Waals surface area contributed by atoms with Crippen LogP contribution in [0.25, 0.3) is 0 Å². The van der Waals surface area contributed by atoms with Crippen molar-refractivity contribution in [2.75, 3.05) is 6.54 Å². The van der Waals surface area contributed by atoms with Crippen molar-refractivity contribution >= 4 is 0 Å². The first-order valence-corrected chi connectivity index (χ1v) is 4.15. The van der Waals surface area contributed by atoms with E-state index in [4.69, 9.17) is 0 Å². The smallest absolute Gasteiger partial charge is 0.0745 e. The molecule has 0 aromatic rings. The van der Waals surface area contributed by atoms with E-state index in [1.54, 1.807) is 0 Å². The van der Waals surface area contributed by atoms with Gasteiger partial charge in [0.1, 0.15) is 0 Å². The number of rotatable bonds is 0. The lowest BCUT2D eigenvalue weighted by Crippen LogP contribution is -2.43. The maximum atomic E-state index is 3.47. The lowest BCUT2D eigenvalue weighted by Gasteiger charge is -2.27. The van der Waals surface area contributed by atoms with Gasteiger partial charge in [-0.3, -0.25) is 5.32 Å². The van der Waals surface area contributed by atoms with Gasteiger partial charge in [0.05, 0.1) is 12.3 Å². The normalized spacial score (nSPS) is 41.7. The van der Waals surface area contributed by atoms with Crippen LogP contribution in [-0.2, 0) is 0 Å². The van der Waals surface area contributed by atoms with Gasteiger partial charge < -0.3 is 0 Å². The topological polar surface area (TPSA) is 27.3 Å². The van der Waals surface area contributed by atoms with Crippen molar-refractivity contribution in [1.82, 2.24) is 15.8 Å². The quantitative estimate of drug-likeness (QED) is 0.506. The van der Waals surface area contributed by atoms with Crippen molar-refractivity contribution in [3.05, 3.63) is 0 Å². The molecule has 10 heavy (non-hydrogen) atoms. The summed E-state index contributed by atoms with van der Waals surface area (Å²) in [6.45, 7) is 3.38. The Hall–Kier alpha value is -0.120. The van der Waals surface area contributed by atoms with Crippen molar-refractivity contribution in [2.45, 2.75) is 38.5 Å². The zero-order valence-electron chi connectivity index (χ0n) is 6.43. The second kappa shape index (κ2) is 2.49. The summed E-state index contributed by atoms with van der Waals surface area (Å²) in [5, 5.41) is 5.80. The van der Waals surface area contributed by atoms with Gasteiger partial charge in [-0.2, -0.15) is 0 Å². The number of piperidine rings is 1. The van der Waals surface area contributed by atoms with Gasteiger partial charge in [-0.1, -0.05) is 0 Å². The number of fused-ring (bicyclic) bond motifs is 1. The van der Waals surface area contributed by atoms with Gasteiger partial charge in [-0.25, -0.2) is 10.4 Å². The molecule has 2 N–H and O–H groups in total. The lowest BCUT2D eigenvalue weighted by atomic mass is 10.1. The van der Waals surface area contributed by atoms with Crippen LogP contribution in [0.4, 0.5) is 0 Å². The van der Waals surface area contributed by atoms with Gasteiger partial charge >= 0.3 is 0 Å². The molecule has 0 saturated carbocycles. The third kappa shape index (κ3) is 1.05. The first-order chi connectivity index (χ1) is 4.86. The minimum atomic E-state index is 0.475. The van der Waals surface area contributed by atoms with Crippen LogP contribution in [-0.4, -0.2) is 23.9 Å². The summed E-state index contributed by atoms with van der Waals surface area (Å²) in [6, 6.07) is 0. The van der Waals surface area contributed by atoms with Crippen LogP contribution in [0, 0.1) is 0 Å². The highest BCUT2D eigenvalue weighted by Gasteiger charge is 2.29. The van der Waals surface area contributed by atoms with Gasteiger partial charge in [0.2, 0.25) is 0 Å². The predicted molar refractivity (Wildman–Crippen MR) is 40.1 cm³/mol. The van der Waals surface area contributed by atoms with E-state index < -0.39 is 0 Å². The van der Waals surface area contributed by atoms with E-state index in [2.05, 4.69) is 22.7 Å². The molecule has 0 aliphatic carbocycles. The standard InChI is InChI=1S/C7H15N3/c1-6-8-7-4-2-3-5-10(7)9-6/h6-9H,2-5H2,1H3. The first-order valence-electron chi connectivity index (χ1n) is 4.15. The number of nitrogens with zero attached hydrogens (tertiary/aromatic N) is 1. The monoisotopic (exact) mass is 141 g/mol. The molecule has 0 bridgehead atoms. The Balaban J connectivity index is 1.97. The number of nitrogens with one attached hydrogen (secondary N) is 2. The van der Waals surface area contributed by atoms with E-state index in [1.165, 1.54) is 25.8 Å². The van der Waals surface area contributed by atoms with E-state index in [0.29, 0.717) is 12.3 Å². The Labute approximate surface area is 61.7 Å². The van der Waals surface area contributed by atoms with Gasteiger partial charge in [-0.15, -0.1) is 0 Å². The maximum Gasteiger partial charge on any atom is 0.0745 e. The predicted octanol–water partition coefficient (Wildman–Crippen LogP) is 0.252. The fraction of sp³-hybridized carbons (Fsp3) is 1.00. The van der Waals surface area contributed by atoms with E-state index in [9.17, 15) is 0 Å². The van der Waals surface area contributed by atoms with Gasteiger partial charge in [0.25, 0.3) is 0 Å². The number of hydrogen-bond acceptors (Lipinski definition) is 3. The molecule has 2 heterocycles. The van der Waals surface area contributed by atoms with Crippen LogP contribution in [0.1, 0.15) is 26.2 Å². The van der Waals surface area contributed by atoms with Crippen LogP contribution in [0.5, 0.6) is 0 Å². The minimum Gasteiger partial charge on any atom is -0.285 e. The van der Waals surface area contributed by atoms with Crippen LogP contribution >= 0.6 is 0 Å². The largest absolute Gasteiger partial charge is 0.285 e. The fourth-order valence-electron chi connectivity index (χ4n) is 1.83. The molecule has 2 fully saturated rings. The molecule has 0 aromatic heterocycles. The molecule has 2 atom stereocenters. The van der Waals surface area contributed by atoms with Gasteiger partial charge in [-0.05, 0) is 26.2 Å². The second-order valence-corrected chi connectivity index (χ2v) is 3.22. The van der Waals surface area contributed by atoms with Crippen molar-refractivity contribution in [3.8, 4) is 0 Å². The minimum absolute atomic E-state index is 0.475. The number of hydrogen-bond donors (Lipinski definition) is 2. The average Bonchev–Trinajstić information content (AvgIpc) is 2.27. The molecule has 0 radical (unpaired) electrons. The molecule has 0 spiro atoms. The third-order valence-electron chi connectivity index (χ3n) is 2.30. The Morgan fingerprint density at radius 1 is 1.40 bits per heavy atom. The highest BCUT2D eigenvalue weighted by molar-refractivity contribution is 4.80. The molecular formula is C7H15N3. The van der Waals surface area contributed by atoms with E-state index in [0.717, 1.165) is 0 Å². The Morgan fingerprint density at radius 2 is 2.30 bits per heavy atom. The zero-order chi connectivity index (χ0) is 6.97. The third-order valence-corrected chi connectivity index (χ3v) is 2.30. The molecule has 2 rings (SSSR count). The molecule has 2 saturated heterocycles. The molecule has 2 unspecified atom stereocenters. The molecule has 2 aliphatic rings. The van der Waals surface area contributed by atoms with Gasteiger partial charge in [0.15, 0.2) is 0 Å². The van der Waals surface area contributed by atoms with Crippen molar-refractivity contribution in [1.29, 1.82) is 0 Å². The Kier molecular flexibility index (Phi) is 1.64. The molecule has 3 heteroatoms. The summed E-state index contributed by atoms with van der Waals surface area (Å²) in [7, 11) is 0. The summed E-state index contributed by atoms with van der Waals surface area (Å²) in [6.07, 6.45) is 5.12. The van der Waals surface area contributed by atoms with E-state index in [1.807, 2.05) is 0 Å². The fourth-order valence-corrected chi connectivity index (χ4v) is 1.83. The lowest BCUT2D eigenvalue weighted by molar-refractivity contribution is 0.133. The van der Waals surface area contributed by atoms with Crippen molar-refractivity contribution in [2.24, 2.45) is 0 Å². The summed E-state index contributed by atoms with van der Waals surface area (Å²) in [5.74, 6) is 0. The number of hydrazine groups is 1. The van der Waals surface area contributed by atoms with Crippen LogP contribution in [0.2, 0.25) is 0 Å². The molecule has 0 aromatic carbocycles. The summed E-state index contributed by atoms with van der Waals surface area (Å²) < 4.78 is 0. The summed E-state index contributed by atoms with van der Waals surface area (Å²) in [5.41, 5.74) is 3.38. The molecule has 58 valence electrons. The SMILES string of the molecule is CC1NC2CCCCN2N1. The molecular weight excluding hydrogens is 126 g/mol.